The molecular weight excluding hydrogens is 355 g/mol. The van der Waals surface area contributed by atoms with E-state index in [0.29, 0.717) is 0 Å². The Bertz CT molecular complexity index is 1210. The fourth-order valence-electron chi connectivity index (χ4n) is 4.20. The zero-order valence-corrected chi connectivity index (χ0v) is 17.4. The highest BCUT2D eigenvalue weighted by atomic mass is 16.7. The second kappa shape index (κ2) is 6.45. The van der Waals surface area contributed by atoms with Gasteiger partial charge in [-0.15, -0.1) is 0 Å². The fourth-order valence-corrected chi connectivity index (χ4v) is 4.20. The number of benzene rings is 4. The second-order valence-electron chi connectivity index (χ2n) is 8.87. The van der Waals surface area contributed by atoms with Crippen LogP contribution in [-0.4, -0.2) is 18.3 Å². The molecule has 0 aromatic heterocycles. The van der Waals surface area contributed by atoms with Crippen molar-refractivity contribution in [2.75, 3.05) is 0 Å². The third kappa shape index (κ3) is 2.88. The zero-order chi connectivity index (χ0) is 20.2. The smallest absolute Gasteiger partial charge is 0.399 e. The Kier molecular flexibility index (Phi) is 4.09. The monoisotopic (exact) mass is 380 g/mol. The first-order chi connectivity index (χ1) is 13.9. The molecule has 0 amide bonds. The van der Waals surface area contributed by atoms with E-state index in [1.165, 1.54) is 27.1 Å². The van der Waals surface area contributed by atoms with Crippen molar-refractivity contribution in [2.24, 2.45) is 0 Å². The minimum Gasteiger partial charge on any atom is -0.399 e. The van der Waals surface area contributed by atoms with Gasteiger partial charge in [0.05, 0.1) is 11.2 Å². The van der Waals surface area contributed by atoms with E-state index in [1.807, 2.05) is 0 Å². The molecule has 4 aromatic rings. The summed E-state index contributed by atoms with van der Waals surface area (Å²) in [6.45, 7) is 8.39. The molecule has 0 saturated carbocycles. The minimum absolute atomic E-state index is 0.365. The first-order valence-electron chi connectivity index (χ1n) is 10.2. The molecule has 1 aliphatic rings. The van der Waals surface area contributed by atoms with Crippen LogP contribution < -0.4 is 5.46 Å². The standard InChI is InChI=1S/C26H25BO2/c1-25(2)26(3,4)29-27(28-25)23-15-8-7-13-21(23)22-14-9-11-19-17-16-18-10-5-6-12-20(18)24(19)22/h5-17H,1-4H3. The Morgan fingerprint density at radius 1 is 0.586 bits per heavy atom. The van der Waals surface area contributed by atoms with Crippen LogP contribution in [0.25, 0.3) is 32.7 Å². The van der Waals surface area contributed by atoms with Gasteiger partial charge >= 0.3 is 7.12 Å². The van der Waals surface area contributed by atoms with Crippen molar-refractivity contribution < 1.29 is 9.31 Å². The van der Waals surface area contributed by atoms with E-state index >= 15 is 0 Å². The third-order valence-electron chi connectivity index (χ3n) is 6.53. The van der Waals surface area contributed by atoms with Gasteiger partial charge in [-0.2, -0.15) is 0 Å². The molecule has 29 heavy (non-hydrogen) atoms. The van der Waals surface area contributed by atoms with Crippen LogP contribution in [0.3, 0.4) is 0 Å². The summed E-state index contributed by atoms with van der Waals surface area (Å²) in [6.07, 6.45) is 0. The fraction of sp³-hybridized carbons (Fsp3) is 0.231. The van der Waals surface area contributed by atoms with Crippen molar-refractivity contribution >= 4 is 34.1 Å². The lowest BCUT2D eigenvalue weighted by Gasteiger charge is -2.32. The predicted octanol–water partition coefficient (Wildman–Crippen LogP) is 5.96. The van der Waals surface area contributed by atoms with E-state index in [1.54, 1.807) is 0 Å². The molecule has 0 atom stereocenters. The zero-order valence-electron chi connectivity index (χ0n) is 17.4. The van der Waals surface area contributed by atoms with E-state index in [2.05, 4.69) is 107 Å². The van der Waals surface area contributed by atoms with Gasteiger partial charge in [0.15, 0.2) is 0 Å². The first-order valence-corrected chi connectivity index (χ1v) is 10.2. The molecule has 0 radical (unpaired) electrons. The average molecular weight is 380 g/mol. The lowest BCUT2D eigenvalue weighted by Crippen LogP contribution is -2.41. The van der Waals surface area contributed by atoms with E-state index in [4.69, 9.17) is 9.31 Å². The Hall–Kier alpha value is -2.62. The van der Waals surface area contributed by atoms with Crippen LogP contribution in [0.1, 0.15) is 27.7 Å². The molecule has 1 fully saturated rings. The summed E-state index contributed by atoms with van der Waals surface area (Å²) in [5.41, 5.74) is 2.72. The van der Waals surface area contributed by atoms with Crippen molar-refractivity contribution in [1.29, 1.82) is 0 Å². The molecule has 3 heteroatoms. The van der Waals surface area contributed by atoms with Gasteiger partial charge in [0.25, 0.3) is 0 Å². The van der Waals surface area contributed by atoms with Crippen molar-refractivity contribution in [1.82, 2.24) is 0 Å². The number of hydrogen-bond donors (Lipinski definition) is 0. The number of rotatable bonds is 2. The maximum absolute atomic E-state index is 6.39. The Balaban J connectivity index is 1.75. The van der Waals surface area contributed by atoms with Gasteiger partial charge < -0.3 is 9.31 Å². The highest BCUT2D eigenvalue weighted by molar-refractivity contribution is 6.64. The molecule has 2 nitrogen and oxygen atoms in total. The molecule has 0 unspecified atom stereocenters. The summed E-state index contributed by atoms with van der Waals surface area (Å²) in [6, 6.07) is 28.0. The van der Waals surface area contributed by atoms with Crippen LogP contribution in [0.5, 0.6) is 0 Å². The summed E-state index contributed by atoms with van der Waals surface area (Å²) in [5.74, 6) is 0. The van der Waals surface area contributed by atoms with Gasteiger partial charge in [0, 0.05) is 0 Å². The summed E-state index contributed by atoms with van der Waals surface area (Å²) >= 11 is 0. The molecule has 4 aromatic carbocycles. The topological polar surface area (TPSA) is 18.5 Å². The van der Waals surface area contributed by atoms with Crippen LogP contribution in [0.2, 0.25) is 0 Å². The summed E-state index contributed by atoms with van der Waals surface area (Å²) in [5, 5.41) is 5.03. The van der Waals surface area contributed by atoms with Crippen LogP contribution in [0.4, 0.5) is 0 Å². The van der Waals surface area contributed by atoms with Crippen LogP contribution in [-0.2, 0) is 9.31 Å². The highest BCUT2D eigenvalue weighted by Crippen LogP contribution is 2.39. The molecule has 0 N–H and O–H groups in total. The largest absolute Gasteiger partial charge is 0.495 e. The van der Waals surface area contributed by atoms with Crippen molar-refractivity contribution in [3.05, 3.63) is 78.9 Å². The lowest BCUT2D eigenvalue weighted by molar-refractivity contribution is 0.00578. The Labute approximate surface area is 172 Å². The molecular formula is C26H25BO2. The average Bonchev–Trinajstić information content (AvgIpc) is 2.94. The van der Waals surface area contributed by atoms with E-state index < -0.39 is 0 Å². The maximum Gasteiger partial charge on any atom is 0.495 e. The molecule has 1 aliphatic heterocycles. The quantitative estimate of drug-likeness (QED) is 0.316. The molecule has 1 saturated heterocycles. The van der Waals surface area contributed by atoms with Crippen LogP contribution >= 0.6 is 0 Å². The third-order valence-corrected chi connectivity index (χ3v) is 6.53. The molecule has 5 rings (SSSR count). The van der Waals surface area contributed by atoms with E-state index in [0.717, 1.165) is 11.0 Å². The Morgan fingerprint density at radius 3 is 1.97 bits per heavy atom. The SMILES string of the molecule is CC1(C)OB(c2ccccc2-c2cccc3ccc4ccccc4c23)OC1(C)C. The molecule has 0 bridgehead atoms. The van der Waals surface area contributed by atoms with Crippen LogP contribution in [0, 0.1) is 0 Å². The first kappa shape index (κ1) is 18.4. The lowest BCUT2D eigenvalue weighted by atomic mass is 9.74. The second-order valence-corrected chi connectivity index (χ2v) is 8.87. The van der Waals surface area contributed by atoms with Crippen molar-refractivity contribution in [2.45, 2.75) is 38.9 Å². The van der Waals surface area contributed by atoms with Gasteiger partial charge in [-0.3, -0.25) is 0 Å². The van der Waals surface area contributed by atoms with E-state index in [9.17, 15) is 0 Å². The van der Waals surface area contributed by atoms with Gasteiger partial charge in [0.2, 0.25) is 0 Å². The summed E-state index contributed by atoms with van der Waals surface area (Å²) in [7, 11) is -0.388. The summed E-state index contributed by atoms with van der Waals surface area (Å²) in [4.78, 5) is 0. The molecule has 1 heterocycles. The minimum atomic E-state index is -0.388. The highest BCUT2D eigenvalue weighted by Gasteiger charge is 2.52. The maximum atomic E-state index is 6.39. The normalized spacial score (nSPS) is 17.9. The van der Waals surface area contributed by atoms with Crippen molar-refractivity contribution in [3.63, 3.8) is 0 Å². The molecule has 0 spiro atoms. The van der Waals surface area contributed by atoms with Gasteiger partial charge in [0.1, 0.15) is 0 Å². The van der Waals surface area contributed by atoms with Gasteiger partial charge in [-0.1, -0.05) is 78.9 Å². The van der Waals surface area contributed by atoms with Crippen LogP contribution in [0.15, 0.2) is 78.9 Å². The van der Waals surface area contributed by atoms with Gasteiger partial charge in [-0.25, -0.2) is 0 Å². The Morgan fingerprint density at radius 2 is 1.17 bits per heavy atom. The van der Waals surface area contributed by atoms with E-state index in [-0.39, 0.29) is 18.3 Å². The molecule has 144 valence electrons. The number of fused-ring (bicyclic) bond motifs is 3. The summed E-state index contributed by atoms with van der Waals surface area (Å²) < 4.78 is 12.8. The van der Waals surface area contributed by atoms with Crippen molar-refractivity contribution in [3.8, 4) is 11.1 Å². The predicted molar refractivity (Wildman–Crippen MR) is 123 cm³/mol. The van der Waals surface area contributed by atoms with Gasteiger partial charge in [-0.05, 0) is 65.8 Å². The molecule has 0 aliphatic carbocycles. The number of hydrogen-bond acceptors (Lipinski definition) is 2.